The van der Waals surface area contributed by atoms with E-state index in [4.69, 9.17) is 9.72 Å². The molecule has 4 rings (SSSR count). The molecular formula is C23H22N2O2S. The maximum absolute atomic E-state index is 12.8. The van der Waals surface area contributed by atoms with E-state index < -0.39 is 6.10 Å². The molecule has 0 saturated heterocycles. The first-order chi connectivity index (χ1) is 13.6. The number of fused-ring (bicyclic) bond motifs is 1. The van der Waals surface area contributed by atoms with E-state index in [-0.39, 0.29) is 5.91 Å². The van der Waals surface area contributed by atoms with Gasteiger partial charge in [-0.05, 0) is 31.5 Å². The Morgan fingerprint density at radius 2 is 2.00 bits per heavy atom. The summed E-state index contributed by atoms with van der Waals surface area (Å²) in [6.07, 6.45) is 0.195. The van der Waals surface area contributed by atoms with Gasteiger partial charge in [-0.25, -0.2) is 4.98 Å². The number of thiazole rings is 1. The van der Waals surface area contributed by atoms with E-state index >= 15 is 0 Å². The zero-order valence-corrected chi connectivity index (χ0v) is 16.8. The lowest BCUT2D eigenvalue weighted by molar-refractivity contribution is -0.126. The van der Waals surface area contributed by atoms with Gasteiger partial charge in [-0.1, -0.05) is 49.4 Å². The maximum atomic E-state index is 12.8. The van der Waals surface area contributed by atoms with Crippen LogP contribution in [-0.2, 0) is 4.79 Å². The van der Waals surface area contributed by atoms with Gasteiger partial charge in [0, 0.05) is 23.1 Å². The molecule has 1 unspecified atom stereocenters. The number of carbonyl (C=O) groups is 1. The first-order valence-corrected chi connectivity index (χ1v) is 10.2. The number of hydrogen-bond donors (Lipinski definition) is 0. The van der Waals surface area contributed by atoms with Crippen LogP contribution in [0, 0.1) is 0 Å². The first kappa shape index (κ1) is 18.4. The van der Waals surface area contributed by atoms with Crippen molar-refractivity contribution in [3.63, 3.8) is 0 Å². The Balaban J connectivity index is 1.72. The molecule has 1 aromatic heterocycles. The molecule has 0 spiro atoms. The minimum atomic E-state index is -0.443. The lowest BCUT2D eigenvalue weighted by Crippen LogP contribution is -2.46. The molecule has 1 atom stereocenters. The van der Waals surface area contributed by atoms with Crippen LogP contribution in [0.25, 0.3) is 21.8 Å². The van der Waals surface area contributed by atoms with E-state index in [1.54, 1.807) is 16.2 Å². The average Bonchev–Trinajstić information content (AvgIpc) is 3.20. The minimum absolute atomic E-state index is 0.0154. The molecule has 0 saturated carbocycles. The van der Waals surface area contributed by atoms with E-state index in [2.05, 4.69) is 18.7 Å². The van der Waals surface area contributed by atoms with E-state index in [9.17, 15) is 4.79 Å². The fourth-order valence-corrected chi connectivity index (χ4v) is 4.13. The van der Waals surface area contributed by atoms with Crippen molar-refractivity contribution in [2.45, 2.75) is 26.4 Å². The second-order valence-electron chi connectivity index (χ2n) is 6.98. The lowest BCUT2D eigenvalue weighted by atomic mass is 10.1. The number of nitrogens with zero attached hydrogens (tertiary/aromatic N) is 2. The van der Waals surface area contributed by atoms with Gasteiger partial charge in [-0.2, -0.15) is 0 Å². The van der Waals surface area contributed by atoms with Gasteiger partial charge < -0.3 is 9.64 Å². The summed E-state index contributed by atoms with van der Waals surface area (Å²) in [6.45, 7) is 8.36. The SMILES string of the molecule is C=C(C)CN1C(=O)C(CC)Oc2ccc(-c3csc(-c4ccccc4)n3)cc21. The molecule has 3 aromatic rings. The normalized spacial score (nSPS) is 15.9. The zero-order valence-electron chi connectivity index (χ0n) is 16.0. The minimum Gasteiger partial charge on any atom is -0.478 e. The van der Waals surface area contributed by atoms with Crippen molar-refractivity contribution in [1.29, 1.82) is 0 Å². The summed E-state index contributed by atoms with van der Waals surface area (Å²) in [5.41, 5.74) is 4.68. The predicted molar refractivity (Wildman–Crippen MR) is 115 cm³/mol. The van der Waals surface area contributed by atoms with Crippen molar-refractivity contribution in [3.8, 4) is 27.6 Å². The molecule has 0 bridgehead atoms. The van der Waals surface area contributed by atoms with Crippen LogP contribution in [0.2, 0.25) is 0 Å². The van der Waals surface area contributed by atoms with Crippen LogP contribution in [-0.4, -0.2) is 23.5 Å². The van der Waals surface area contributed by atoms with Crippen molar-refractivity contribution >= 4 is 22.9 Å². The highest BCUT2D eigenvalue weighted by Gasteiger charge is 2.33. The van der Waals surface area contributed by atoms with E-state index in [1.165, 1.54) is 0 Å². The van der Waals surface area contributed by atoms with Gasteiger partial charge in [0.15, 0.2) is 6.10 Å². The molecule has 142 valence electrons. The molecular weight excluding hydrogens is 368 g/mol. The van der Waals surface area contributed by atoms with Gasteiger partial charge in [-0.3, -0.25) is 4.79 Å². The Morgan fingerprint density at radius 1 is 1.21 bits per heavy atom. The molecule has 1 aliphatic rings. The van der Waals surface area contributed by atoms with Crippen LogP contribution in [0.4, 0.5) is 5.69 Å². The third-order valence-corrected chi connectivity index (χ3v) is 5.57. The molecule has 0 fully saturated rings. The van der Waals surface area contributed by atoms with Gasteiger partial charge in [0.25, 0.3) is 5.91 Å². The monoisotopic (exact) mass is 390 g/mol. The Morgan fingerprint density at radius 3 is 2.71 bits per heavy atom. The van der Waals surface area contributed by atoms with Crippen LogP contribution in [0.1, 0.15) is 20.3 Å². The van der Waals surface area contributed by atoms with Crippen molar-refractivity contribution in [2.24, 2.45) is 0 Å². The Hall–Kier alpha value is -2.92. The third kappa shape index (κ3) is 3.45. The summed E-state index contributed by atoms with van der Waals surface area (Å²) in [5.74, 6) is 0.716. The smallest absolute Gasteiger partial charge is 0.268 e. The molecule has 28 heavy (non-hydrogen) atoms. The van der Waals surface area contributed by atoms with Crippen molar-refractivity contribution in [1.82, 2.24) is 4.98 Å². The Labute approximate surface area is 169 Å². The Bertz CT molecular complexity index is 1030. The van der Waals surface area contributed by atoms with Gasteiger partial charge in [0.2, 0.25) is 0 Å². The molecule has 1 amide bonds. The summed E-state index contributed by atoms with van der Waals surface area (Å²) < 4.78 is 5.93. The maximum Gasteiger partial charge on any atom is 0.268 e. The predicted octanol–water partition coefficient (Wildman–Crippen LogP) is 5.56. The second kappa shape index (κ2) is 7.60. The molecule has 1 aliphatic heterocycles. The summed E-state index contributed by atoms with van der Waals surface area (Å²) in [4.78, 5) is 19.4. The fraction of sp³-hybridized carbons (Fsp3) is 0.217. The standard InChI is InChI=1S/C23H22N2O2S/c1-4-20-23(26)25(13-15(2)3)19-12-17(10-11-21(19)27-20)18-14-28-22(24-18)16-8-6-5-7-9-16/h5-12,14,20H,2,4,13H2,1,3H3. The van der Waals surface area contributed by atoms with Crippen molar-refractivity contribution < 1.29 is 9.53 Å². The van der Waals surface area contributed by atoms with Gasteiger partial charge >= 0.3 is 0 Å². The second-order valence-corrected chi connectivity index (χ2v) is 7.84. The van der Waals surface area contributed by atoms with Gasteiger partial charge in [-0.15, -0.1) is 11.3 Å². The quantitative estimate of drug-likeness (QED) is 0.536. The number of carbonyl (C=O) groups excluding carboxylic acids is 1. The molecule has 2 aromatic carbocycles. The number of benzene rings is 2. The van der Waals surface area contributed by atoms with Gasteiger partial charge in [0.05, 0.1) is 11.4 Å². The molecule has 5 heteroatoms. The highest BCUT2D eigenvalue weighted by molar-refractivity contribution is 7.13. The zero-order chi connectivity index (χ0) is 19.7. The molecule has 0 radical (unpaired) electrons. The molecule has 0 N–H and O–H groups in total. The summed E-state index contributed by atoms with van der Waals surface area (Å²) in [7, 11) is 0. The number of amides is 1. The lowest BCUT2D eigenvalue weighted by Gasteiger charge is -2.34. The van der Waals surface area contributed by atoms with E-state index in [0.717, 1.165) is 38.8 Å². The summed E-state index contributed by atoms with van der Waals surface area (Å²) in [5, 5.41) is 3.03. The van der Waals surface area contributed by atoms with Gasteiger partial charge in [0.1, 0.15) is 10.8 Å². The van der Waals surface area contributed by atoms with Crippen LogP contribution >= 0.6 is 11.3 Å². The Kier molecular flexibility index (Phi) is 5.01. The fourth-order valence-electron chi connectivity index (χ4n) is 3.29. The summed E-state index contributed by atoms with van der Waals surface area (Å²) in [6, 6.07) is 16.1. The van der Waals surface area contributed by atoms with E-state index in [0.29, 0.717) is 13.0 Å². The molecule has 2 heterocycles. The number of hydrogen-bond acceptors (Lipinski definition) is 4. The topological polar surface area (TPSA) is 42.4 Å². The summed E-state index contributed by atoms with van der Waals surface area (Å²) >= 11 is 1.61. The van der Waals surface area contributed by atoms with E-state index in [1.807, 2.05) is 55.6 Å². The number of ether oxygens (including phenoxy) is 1. The van der Waals surface area contributed by atoms with Crippen LogP contribution in [0.15, 0.2) is 66.1 Å². The largest absolute Gasteiger partial charge is 0.478 e. The first-order valence-electron chi connectivity index (χ1n) is 9.34. The van der Waals surface area contributed by atoms with Crippen LogP contribution in [0.5, 0.6) is 5.75 Å². The number of rotatable bonds is 5. The number of anilines is 1. The molecule has 4 nitrogen and oxygen atoms in total. The average molecular weight is 391 g/mol. The highest BCUT2D eigenvalue weighted by atomic mass is 32.1. The third-order valence-electron chi connectivity index (χ3n) is 4.68. The van der Waals surface area contributed by atoms with Crippen LogP contribution in [0.3, 0.4) is 0 Å². The van der Waals surface area contributed by atoms with Crippen molar-refractivity contribution in [2.75, 3.05) is 11.4 Å². The molecule has 0 aliphatic carbocycles. The van der Waals surface area contributed by atoms with Crippen molar-refractivity contribution in [3.05, 3.63) is 66.1 Å². The number of aromatic nitrogens is 1. The van der Waals surface area contributed by atoms with Crippen LogP contribution < -0.4 is 9.64 Å². The highest BCUT2D eigenvalue weighted by Crippen LogP contribution is 2.39.